The molecule has 94 valence electrons. The van der Waals surface area contributed by atoms with Crippen molar-refractivity contribution in [3.8, 4) is 0 Å². The van der Waals surface area contributed by atoms with Crippen molar-refractivity contribution < 1.29 is 9.59 Å². The lowest BCUT2D eigenvalue weighted by atomic mass is 9.81. The Hall–Kier alpha value is -1.71. The molecule has 2 fully saturated rings. The molecule has 1 aromatic rings. The van der Waals surface area contributed by atoms with Gasteiger partial charge in [0, 0.05) is 12.4 Å². The van der Waals surface area contributed by atoms with E-state index in [1.807, 2.05) is 12.1 Å². The molecule has 1 aliphatic carbocycles. The SMILES string of the molecule is O=C1[C@H]2CCCC[C@H]2C(=O)N1Cc1cccnc1. The maximum atomic E-state index is 12.2. The maximum absolute atomic E-state index is 12.2. The first-order chi connectivity index (χ1) is 8.77. The highest BCUT2D eigenvalue weighted by Gasteiger charge is 2.47. The van der Waals surface area contributed by atoms with Crippen molar-refractivity contribution in [2.45, 2.75) is 32.2 Å². The molecular formula is C14H16N2O2. The predicted octanol–water partition coefficient (Wildman–Crippen LogP) is 1.76. The number of hydrogen-bond donors (Lipinski definition) is 0. The highest BCUT2D eigenvalue weighted by molar-refractivity contribution is 6.05. The third-order valence-electron chi connectivity index (χ3n) is 4.00. The van der Waals surface area contributed by atoms with E-state index < -0.39 is 0 Å². The second-order valence-electron chi connectivity index (χ2n) is 5.12. The van der Waals surface area contributed by atoms with E-state index in [2.05, 4.69) is 4.98 Å². The Morgan fingerprint density at radius 2 is 1.83 bits per heavy atom. The van der Waals surface area contributed by atoms with Crippen LogP contribution in [0, 0.1) is 11.8 Å². The second-order valence-corrected chi connectivity index (χ2v) is 5.12. The average Bonchev–Trinajstić information content (AvgIpc) is 2.66. The summed E-state index contributed by atoms with van der Waals surface area (Å²) in [4.78, 5) is 29.9. The second kappa shape index (κ2) is 4.52. The lowest BCUT2D eigenvalue weighted by Crippen LogP contribution is -2.30. The molecule has 1 saturated heterocycles. The Balaban J connectivity index is 1.80. The van der Waals surface area contributed by atoms with E-state index in [0.29, 0.717) is 6.54 Å². The lowest BCUT2D eigenvalue weighted by Gasteiger charge is -2.19. The van der Waals surface area contributed by atoms with Gasteiger partial charge in [-0.15, -0.1) is 0 Å². The van der Waals surface area contributed by atoms with Crippen LogP contribution in [-0.4, -0.2) is 21.7 Å². The van der Waals surface area contributed by atoms with Gasteiger partial charge in [-0.1, -0.05) is 18.9 Å². The summed E-state index contributed by atoms with van der Waals surface area (Å²) in [7, 11) is 0. The van der Waals surface area contributed by atoms with Crippen LogP contribution in [0.2, 0.25) is 0 Å². The Kier molecular flexibility index (Phi) is 2.86. The van der Waals surface area contributed by atoms with E-state index >= 15 is 0 Å². The summed E-state index contributed by atoms with van der Waals surface area (Å²) >= 11 is 0. The molecule has 0 spiro atoms. The first kappa shape index (κ1) is 11.4. The molecule has 1 aliphatic heterocycles. The average molecular weight is 244 g/mol. The summed E-state index contributed by atoms with van der Waals surface area (Å²) in [6, 6.07) is 3.73. The number of hydrogen-bond acceptors (Lipinski definition) is 3. The lowest BCUT2D eigenvalue weighted by molar-refractivity contribution is -0.140. The highest BCUT2D eigenvalue weighted by atomic mass is 16.2. The van der Waals surface area contributed by atoms with E-state index in [0.717, 1.165) is 31.2 Å². The minimum atomic E-state index is -0.0529. The summed E-state index contributed by atoms with van der Waals surface area (Å²) in [6.07, 6.45) is 7.29. The third kappa shape index (κ3) is 1.82. The van der Waals surface area contributed by atoms with Crippen LogP contribution in [0.4, 0.5) is 0 Å². The van der Waals surface area contributed by atoms with Gasteiger partial charge in [0.1, 0.15) is 0 Å². The first-order valence-corrected chi connectivity index (χ1v) is 6.51. The van der Waals surface area contributed by atoms with Crippen LogP contribution in [0.1, 0.15) is 31.2 Å². The highest BCUT2D eigenvalue weighted by Crippen LogP contribution is 2.38. The summed E-state index contributed by atoms with van der Waals surface area (Å²) < 4.78 is 0. The van der Waals surface area contributed by atoms with Crippen molar-refractivity contribution in [1.82, 2.24) is 9.88 Å². The van der Waals surface area contributed by atoms with Gasteiger partial charge in [0.25, 0.3) is 0 Å². The number of carbonyl (C=O) groups excluding carboxylic acids is 2. The number of rotatable bonds is 2. The molecule has 0 aromatic carbocycles. The molecule has 1 aromatic heterocycles. The Labute approximate surface area is 106 Å². The summed E-state index contributed by atoms with van der Waals surface area (Å²) in [5.41, 5.74) is 0.915. The molecule has 1 saturated carbocycles. The number of imide groups is 1. The molecule has 18 heavy (non-hydrogen) atoms. The molecule has 2 heterocycles. The van der Waals surface area contributed by atoms with Crippen molar-refractivity contribution in [3.63, 3.8) is 0 Å². The number of nitrogens with zero attached hydrogens (tertiary/aromatic N) is 2. The zero-order chi connectivity index (χ0) is 12.5. The van der Waals surface area contributed by atoms with Gasteiger partial charge < -0.3 is 0 Å². The summed E-state index contributed by atoms with van der Waals surface area (Å²) in [5, 5.41) is 0. The zero-order valence-electron chi connectivity index (χ0n) is 10.2. The number of carbonyl (C=O) groups is 2. The quantitative estimate of drug-likeness (QED) is 0.745. The Bertz CT molecular complexity index is 448. The number of aromatic nitrogens is 1. The van der Waals surface area contributed by atoms with Crippen LogP contribution >= 0.6 is 0 Å². The van der Waals surface area contributed by atoms with Crippen molar-refractivity contribution in [2.24, 2.45) is 11.8 Å². The van der Waals surface area contributed by atoms with Crippen molar-refractivity contribution in [3.05, 3.63) is 30.1 Å². The van der Waals surface area contributed by atoms with Crippen LogP contribution < -0.4 is 0 Å². The molecule has 3 rings (SSSR count). The standard InChI is InChI=1S/C14H16N2O2/c17-13-11-5-1-2-6-12(11)14(18)16(13)9-10-4-3-7-15-8-10/h3-4,7-8,11-12H,1-2,5-6,9H2/t11-,12+. The Morgan fingerprint density at radius 1 is 1.17 bits per heavy atom. The normalized spacial score (nSPS) is 27.4. The molecule has 0 unspecified atom stereocenters. The van der Waals surface area contributed by atoms with Crippen LogP contribution in [0.25, 0.3) is 0 Å². The topological polar surface area (TPSA) is 50.3 Å². The van der Waals surface area contributed by atoms with E-state index in [1.54, 1.807) is 12.4 Å². The smallest absolute Gasteiger partial charge is 0.233 e. The van der Waals surface area contributed by atoms with Gasteiger partial charge in [-0.25, -0.2) is 0 Å². The number of fused-ring (bicyclic) bond motifs is 1. The van der Waals surface area contributed by atoms with Crippen LogP contribution in [-0.2, 0) is 16.1 Å². The van der Waals surface area contributed by atoms with Gasteiger partial charge >= 0.3 is 0 Å². The monoisotopic (exact) mass is 244 g/mol. The van der Waals surface area contributed by atoms with Crippen LogP contribution in [0.5, 0.6) is 0 Å². The van der Waals surface area contributed by atoms with E-state index in [-0.39, 0.29) is 23.7 Å². The van der Waals surface area contributed by atoms with Gasteiger partial charge in [-0.05, 0) is 24.5 Å². The molecule has 4 nitrogen and oxygen atoms in total. The molecule has 0 N–H and O–H groups in total. The fraction of sp³-hybridized carbons (Fsp3) is 0.500. The van der Waals surface area contributed by atoms with Gasteiger partial charge in [-0.2, -0.15) is 0 Å². The van der Waals surface area contributed by atoms with Gasteiger partial charge in [0.05, 0.1) is 18.4 Å². The van der Waals surface area contributed by atoms with Crippen molar-refractivity contribution >= 4 is 11.8 Å². The van der Waals surface area contributed by atoms with Crippen LogP contribution in [0.3, 0.4) is 0 Å². The number of amides is 2. The summed E-state index contributed by atoms with van der Waals surface area (Å²) in [5.74, 6) is -0.0621. The molecule has 2 amide bonds. The fourth-order valence-electron chi connectivity index (χ4n) is 3.06. The van der Waals surface area contributed by atoms with Crippen molar-refractivity contribution in [2.75, 3.05) is 0 Å². The first-order valence-electron chi connectivity index (χ1n) is 6.51. The fourth-order valence-corrected chi connectivity index (χ4v) is 3.06. The number of likely N-dealkylation sites (tertiary alicyclic amines) is 1. The number of pyridine rings is 1. The van der Waals surface area contributed by atoms with Crippen LogP contribution in [0.15, 0.2) is 24.5 Å². The van der Waals surface area contributed by atoms with Crippen molar-refractivity contribution in [1.29, 1.82) is 0 Å². The van der Waals surface area contributed by atoms with E-state index in [9.17, 15) is 9.59 Å². The molecular weight excluding hydrogens is 228 g/mol. The maximum Gasteiger partial charge on any atom is 0.233 e. The third-order valence-corrected chi connectivity index (χ3v) is 4.00. The molecule has 2 atom stereocenters. The Morgan fingerprint density at radius 3 is 2.39 bits per heavy atom. The zero-order valence-corrected chi connectivity index (χ0v) is 10.2. The predicted molar refractivity (Wildman–Crippen MR) is 65.2 cm³/mol. The minimum absolute atomic E-state index is 0.0218. The van der Waals surface area contributed by atoms with E-state index in [1.165, 1.54) is 4.90 Å². The molecule has 0 bridgehead atoms. The van der Waals surface area contributed by atoms with E-state index in [4.69, 9.17) is 0 Å². The largest absolute Gasteiger partial charge is 0.278 e. The van der Waals surface area contributed by atoms with Gasteiger partial charge in [0.2, 0.25) is 11.8 Å². The minimum Gasteiger partial charge on any atom is -0.278 e. The van der Waals surface area contributed by atoms with Gasteiger partial charge in [0.15, 0.2) is 0 Å². The van der Waals surface area contributed by atoms with Gasteiger partial charge in [-0.3, -0.25) is 19.5 Å². The molecule has 0 radical (unpaired) electrons. The molecule has 4 heteroatoms. The molecule has 2 aliphatic rings. The summed E-state index contributed by atoms with van der Waals surface area (Å²) in [6.45, 7) is 0.374.